The fraction of sp³-hybridized carbons (Fsp3) is 0.429. The van der Waals surface area contributed by atoms with Crippen LogP contribution in [-0.4, -0.2) is 35.5 Å². The smallest absolute Gasteiger partial charge is 0.189 e. The Kier molecular flexibility index (Phi) is 6.69. The van der Waals surface area contributed by atoms with Gasteiger partial charge in [0.2, 0.25) is 0 Å². The number of nitrogens with zero attached hydrogens (tertiary/aromatic N) is 3. The fourth-order valence-electron chi connectivity index (χ4n) is 3.12. The predicted molar refractivity (Wildman–Crippen MR) is 126 cm³/mol. The molecule has 0 radical (unpaired) electrons. The Bertz CT molecular complexity index is 997. The summed E-state index contributed by atoms with van der Waals surface area (Å²) < 4.78 is 9.07. The highest BCUT2D eigenvalue weighted by molar-refractivity contribution is 9.10. The monoisotopic (exact) mass is 477 g/mol. The van der Waals surface area contributed by atoms with Crippen molar-refractivity contribution in [3.05, 3.63) is 40.0 Å². The standard InChI is InChI=1S/C21H28BrN3OSSi/c1-14-7-8-16(15(2)11-14)19-18-17(22)12-25(13-26-9-10-28(4,5)6)20(18)24-21(23-19)27-3/h7-8,11-12H,9-10,13H2,1-6H3. The van der Waals surface area contributed by atoms with Gasteiger partial charge in [-0.15, -0.1) is 0 Å². The van der Waals surface area contributed by atoms with E-state index in [1.54, 1.807) is 11.8 Å². The summed E-state index contributed by atoms with van der Waals surface area (Å²) in [6.45, 7) is 12.6. The van der Waals surface area contributed by atoms with Gasteiger partial charge in [-0.3, -0.25) is 0 Å². The van der Waals surface area contributed by atoms with Crippen molar-refractivity contribution < 1.29 is 4.74 Å². The second-order valence-electron chi connectivity index (χ2n) is 8.37. The lowest BCUT2D eigenvalue weighted by molar-refractivity contribution is 0.0897. The van der Waals surface area contributed by atoms with Crippen LogP contribution in [0, 0.1) is 13.8 Å². The number of ether oxygens (including phenoxy) is 1. The van der Waals surface area contributed by atoms with Crippen molar-refractivity contribution in [2.24, 2.45) is 0 Å². The van der Waals surface area contributed by atoms with E-state index >= 15 is 0 Å². The van der Waals surface area contributed by atoms with E-state index in [2.05, 4.69) is 78.4 Å². The summed E-state index contributed by atoms with van der Waals surface area (Å²) in [4.78, 5) is 9.65. The fourth-order valence-corrected chi connectivity index (χ4v) is 4.85. The van der Waals surface area contributed by atoms with Crippen LogP contribution < -0.4 is 0 Å². The Labute approximate surface area is 181 Å². The van der Waals surface area contributed by atoms with Gasteiger partial charge in [-0.2, -0.15) is 0 Å². The SMILES string of the molecule is CSc1nc(-c2ccc(C)cc2C)c2c(Br)cn(COCC[Si](C)(C)C)c2n1. The summed E-state index contributed by atoms with van der Waals surface area (Å²) in [5.74, 6) is 0. The topological polar surface area (TPSA) is 39.9 Å². The number of fused-ring (bicyclic) bond motifs is 1. The molecule has 0 aliphatic heterocycles. The molecule has 0 bridgehead atoms. The Morgan fingerprint density at radius 3 is 2.57 bits per heavy atom. The van der Waals surface area contributed by atoms with Crippen molar-refractivity contribution in [1.82, 2.24) is 14.5 Å². The maximum Gasteiger partial charge on any atom is 0.189 e. The zero-order chi connectivity index (χ0) is 20.5. The number of thioether (sulfide) groups is 1. The van der Waals surface area contributed by atoms with Gasteiger partial charge in [0.25, 0.3) is 0 Å². The number of rotatable bonds is 7. The molecule has 0 saturated heterocycles. The second kappa shape index (κ2) is 8.69. The van der Waals surface area contributed by atoms with E-state index in [1.807, 2.05) is 6.26 Å². The molecule has 2 heterocycles. The van der Waals surface area contributed by atoms with E-state index in [-0.39, 0.29) is 0 Å². The quantitative estimate of drug-likeness (QED) is 0.168. The lowest BCUT2D eigenvalue weighted by Crippen LogP contribution is -2.22. The molecule has 0 unspecified atom stereocenters. The molecule has 7 heteroatoms. The highest BCUT2D eigenvalue weighted by Gasteiger charge is 2.19. The number of aryl methyl sites for hydroxylation is 2. The van der Waals surface area contributed by atoms with Gasteiger partial charge in [0.15, 0.2) is 5.16 Å². The number of hydrogen-bond donors (Lipinski definition) is 0. The first-order valence-electron chi connectivity index (χ1n) is 9.45. The zero-order valence-corrected chi connectivity index (χ0v) is 20.9. The maximum absolute atomic E-state index is 5.99. The molecule has 150 valence electrons. The van der Waals surface area contributed by atoms with E-state index in [1.165, 1.54) is 11.1 Å². The van der Waals surface area contributed by atoms with Crippen molar-refractivity contribution in [1.29, 1.82) is 0 Å². The maximum atomic E-state index is 5.99. The van der Waals surface area contributed by atoms with Crippen LogP contribution in [0.15, 0.2) is 34.0 Å². The molecule has 0 fully saturated rings. The van der Waals surface area contributed by atoms with Gasteiger partial charge >= 0.3 is 0 Å². The van der Waals surface area contributed by atoms with E-state index in [0.29, 0.717) is 6.73 Å². The Morgan fingerprint density at radius 2 is 1.93 bits per heavy atom. The third-order valence-corrected chi connectivity index (χ3v) is 7.55. The van der Waals surface area contributed by atoms with Gasteiger partial charge in [0.1, 0.15) is 12.4 Å². The Hall–Kier alpha value is -1.15. The molecule has 3 aromatic rings. The summed E-state index contributed by atoms with van der Waals surface area (Å²) >= 11 is 5.30. The lowest BCUT2D eigenvalue weighted by atomic mass is 10.0. The molecular weight excluding hydrogens is 450 g/mol. The predicted octanol–water partition coefficient (Wildman–Crippen LogP) is 6.51. The minimum atomic E-state index is -1.10. The molecule has 0 N–H and O–H groups in total. The number of aromatic nitrogens is 3. The molecule has 0 amide bonds. The summed E-state index contributed by atoms with van der Waals surface area (Å²) in [7, 11) is -1.10. The number of hydrogen-bond acceptors (Lipinski definition) is 4. The van der Waals surface area contributed by atoms with E-state index < -0.39 is 8.07 Å². The normalized spacial score (nSPS) is 12.1. The van der Waals surface area contributed by atoms with E-state index in [9.17, 15) is 0 Å². The van der Waals surface area contributed by atoms with Gasteiger partial charge in [-0.1, -0.05) is 55.2 Å². The van der Waals surface area contributed by atoms with Gasteiger partial charge in [0.05, 0.1) is 11.1 Å². The third-order valence-electron chi connectivity index (χ3n) is 4.70. The van der Waals surface area contributed by atoms with E-state index in [0.717, 1.165) is 44.6 Å². The van der Waals surface area contributed by atoms with Gasteiger partial charge < -0.3 is 9.30 Å². The van der Waals surface area contributed by atoms with Crippen molar-refractivity contribution in [2.75, 3.05) is 12.9 Å². The van der Waals surface area contributed by atoms with Crippen molar-refractivity contribution in [3.8, 4) is 11.3 Å². The van der Waals surface area contributed by atoms with Crippen LogP contribution in [0.25, 0.3) is 22.3 Å². The molecule has 4 nitrogen and oxygen atoms in total. The average Bonchev–Trinajstić information content (AvgIpc) is 2.93. The highest BCUT2D eigenvalue weighted by atomic mass is 79.9. The van der Waals surface area contributed by atoms with Crippen molar-refractivity contribution >= 4 is 46.8 Å². The second-order valence-corrected chi connectivity index (χ2v) is 15.6. The van der Waals surface area contributed by atoms with Crippen LogP contribution in [0.5, 0.6) is 0 Å². The number of benzene rings is 1. The van der Waals surface area contributed by atoms with Gasteiger partial charge in [0, 0.05) is 30.9 Å². The van der Waals surface area contributed by atoms with Crippen molar-refractivity contribution in [2.45, 2.75) is 51.4 Å². The molecule has 0 saturated carbocycles. The first kappa shape index (κ1) is 21.6. The number of halogens is 1. The largest absolute Gasteiger partial charge is 0.361 e. The molecule has 28 heavy (non-hydrogen) atoms. The van der Waals surface area contributed by atoms with Crippen LogP contribution in [0.2, 0.25) is 25.7 Å². The first-order chi connectivity index (χ1) is 13.2. The molecule has 3 rings (SSSR count). The van der Waals surface area contributed by atoms with Crippen LogP contribution in [0.1, 0.15) is 11.1 Å². The molecule has 0 atom stereocenters. The minimum absolute atomic E-state index is 0.504. The van der Waals surface area contributed by atoms with Crippen LogP contribution in [0.3, 0.4) is 0 Å². The molecule has 0 spiro atoms. The molecule has 0 aliphatic rings. The minimum Gasteiger partial charge on any atom is -0.361 e. The summed E-state index contributed by atoms with van der Waals surface area (Å²) in [5, 5.41) is 1.81. The van der Waals surface area contributed by atoms with Gasteiger partial charge in [-0.05, 0) is 47.6 Å². The van der Waals surface area contributed by atoms with Crippen LogP contribution >= 0.6 is 27.7 Å². The zero-order valence-electron chi connectivity index (χ0n) is 17.5. The van der Waals surface area contributed by atoms with Gasteiger partial charge in [-0.25, -0.2) is 9.97 Å². The van der Waals surface area contributed by atoms with Crippen LogP contribution in [-0.2, 0) is 11.5 Å². The molecule has 0 aliphatic carbocycles. The summed E-state index contributed by atoms with van der Waals surface area (Å²) in [6.07, 6.45) is 4.07. The Morgan fingerprint density at radius 1 is 1.18 bits per heavy atom. The third kappa shape index (κ3) is 4.87. The average molecular weight is 479 g/mol. The Balaban J connectivity index is 2.03. The lowest BCUT2D eigenvalue weighted by Gasteiger charge is -2.15. The van der Waals surface area contributed by atoms with Crippen LogP contribution in [0.4, 0.5) is 0 Å². The van der Waals surface area contributed by atoms with E-state index in [4.69, 9.17) is 14.7 Å². The first-order valence-corrected chi connectivity index (χ1v) is 15.2. The molecular formula is C21H28BrN3OSSi. The molecule has 1 aromatic carbocycles. The summed E-state index contributed by atoms with van der Waals surface area (Å²) in [5.41, 5.74) is 5.50. The summed E-state index contributed by atoms with van der Waals surface area (Å²) in [6, 6.07) is 7.66. The van der Waals surface area contributed by atoms with Crippen molar-refractivity contribution in [3.63, 3.8) is 0 Å². The highest BCUT2D eigenvalue weighted by Crippen LogP contribution is 2.36. The molecule has 2 aromatic heterocycles.